The van der Waals surface area contributed by atoms with Crippen LogP contribution in [0.25, 0.3) is 43.0 Å². The topological polar surface area (TPSA) is 63.8 Å². The molecule has 2 saturated heterocycles. The molecule has 2 N–H and O–H groups in total. The highest BCUT2D eigenvalue weighted by Gasteiger charge is 2.27. The number of hydrogen-bond donors (Lipinski definition) is 2. The van der Waals surface area contributed by atoms with Crippen LogP contribution in [0.2, 0.25) is 0 Å². The Morgan fingerprint density at radius 2 is 1.30 bits per heavy atom. The van der Waals surface area contributed by atoms with E-state index in [1.165, 1.54) is 38.9 Å². The van der Waals surface area contributed by atoms with Gasteiger partial charge in [-0.15, -0.1) is 11.3 Å². The minimum Gasteiger partial charge on any atom is -0.341 e. The highest BCUT2D eigenvalue weighted by Crippen LogP contribution is 2.38. The Labute approximate surface area is 236 Å². The summed E-state index contributed by atoms with van der Waals surface area (Å²) in [6.07, 6.45) is 8.55. The van der Waals surface area contributed by atoms with E-state index < -0.39 is 0 Å². The largest absolute Gasteiger partial charge is 0.341 e. The van der Waals surface area contributed by atoms with E-state index in [9.17, 15) is 0 Å². The standard InChI is InChI=1S/C28H26Br2N6S/c29-35-11-1-3-23(35)27-31-15-21(33-27)17-5-7-18(8-6-17)25-14-20-10-9-19(13-26(20)37-25)22-16-32-28(34-22)24-4-2-12-36(24)30/h5-10,13-16,23-24H,1-4,11-12H2,(H,31,33)(H,32,34)/t23-,24-/m0/s1. The maximum Gasteiger partial charge on any atom is 0.124 e. The van der Waals surface area contributed by atoms with Crippen molar-refractivity contribution < 1.29 is 0 Å². The zero-order valence-electron chi connectivity index (χ0n) is 20.1. The third-order valence-electron chi connectivity index (χ3n) is 7.51. The lowest BCUT2D eigenvalue weighted by atomic mass is 10.1. The van der Waals surface area contributed by atoms with Gasteiger partial charge in [0.25, 0.3) is 0 Å². The molecule has 0 bridgehead atoms. The Hall–Kier alpha value is -2.30. The van der Waals surface area contributed by atoms with Crippen molar-refractivity contribution in [3.63, 3.8) is 0 Å². The fraction of sp³-hybridized carbons (Fsp3) is 0.286. The lowest BCUT2D eigenvalue weighted by molar-refractivity contribution is 0.450. The van der Waals surface area contributed by atoms with Crippen LogP contribution in [0.4, 0.5) is 0 Å². The summed E-state index contributed by atoms with van der Waals surface area (Å²) in [5, 5.41) is 1.27. The monoisotopic (exact) mass is 636 g/mol. The van der Waals surface area contributed by atoms with Crippen molar-refractivity contribution in [2.24, 2.45) is 0 Å². The Balaban J connectivity index is 1.12. The van der Waals surface area contributed by atoms with Gasteiger partial charge in [0.05, 0.1) is 35.9 Å². The molecule has 7 rings (SSSR count). The van der Waals surface area contributed by atoms with Gasteiger partial charge >= 0.3 is 0 Å². The Morgan fingerprint density at radius 3 is 1.89 bits per heavy atom. The summed E-state index contributed by atoms with van der Waals surface area (Å²) < 4.78 is 5.68. The van der Waals surface area contributed by atoms with E-state index in [2.05, 4.69) is 109 Å². The molecule has 0 spiro atoms. The molecular formula is C28H26Br2N6S. The van der Waals surface area contributed by atoms with E-state index in [-0.39, 0.29) is 0 Å². The molecule has 2 atom stereocenters. The van der Waals surface area contributed by atoms with Gasteiger partial charge in [0.1, 0.15) is 11.6 Å². The van der Waals surface area contributed by atoms with Crippen LogP contribution in [0.5, 0.6) is 0 Å². The highest BCUT2D eigenvalue weighted by molar-refractivity contribution is 9.07. The minimum absolute atomic E-state index is 0.323. The van der Waals surface area contributed by atoms with Gasteiger partial charge in [0, 0.05) is 60.5 Å². The summed E-state index contributed by atoms with van der Waals surface area (Å²) in [7, 11) is 0. The first-order chi connectivity index (χ1) is 18.1. The summed E-state index contributed by atoms with van der Waals surface area (Å²) >= 11 is 9.16. The third-order valence-corrected chi connectivity index (χ3v) is 10.4. The predicted octanol–water partition coefficient (Wildman–Crippen LogP) is 8.24. The fourth-order valence-electron chi connectivity index (χ4n) is 5.46. The smallest absolute Gasteiger partial charge is 0.124 e. The number of aromatic nitrogens is 4. The van der Waals surface area contributed by atoms with Gasteiger partial charge in [0.15, 0.2) is 0 Å². The van der Waals surface area contributed by atoms with E-state index in [1.807, 2.05) is 23.7 Å². The van der Waals surface area contributed by atoms with Gasteiger partial charge in [-0.05, 0) is 54.3 Å². The van der Waals surface area contributed by atoms with Crippen LogP contribution >= 0.6 is 43.6 Å². The van der Waals surface area contributed by atoms with Crippen LogP contribution in [0.1, 0.15) is 49.4 Å². The van der Waals surface area contributed by atoms with Crippen LogP contribution in [-0.4, -0.2) is 40.9 Å². The molecular weight excluding hydrogens is 612 g/mol. The molecule has 37 heavy (non-hydrogen) atoms. The number of rotatable bonds is 5. The number of fused-ring (bicyclic) bond motifs is 1. The van der Waals surface area contributed by atoms with Crippen LogP contribution in [-0.2, 0) is 0 Å². The summed E-state index contributed by atoms with van der Waals surface area (Å²) in [5.41, 5.74) is 5.70. The maximum absolute atomic E-state index is 4.68. The zero-order valence-corrected chi connectivity index (χ0v) is 24.1. The Morgan fingerprint density at radius 1 is 0.730 bits per heavy atom. The van der Waals surface area contributed by atoms with Crippen molar-refractivity contribution in [2.75, 3.05) is 13.1 Å². The molecule has 188 valence electrons. The zero-order chi connectivity index (χ0) is 24.9. The van der Waals surface area contributed by atoms with E-state index in [1.54, 1.807) is 0 Å². The molecule has 2 fully saturated rings. The summed E-state index contributed by atoms with van der Waals surface area (Å²) in [5.74, 6) is 2.07. The van der Waals surface area contributed by atoms with E-state index >= 15 is 0 Å². The molecule has 2 aliphatic heterocycles. The van der Waals surface area contributed by atoms with Crippen LogP contribution in [0.15, 0.2) is 60.9 Å². The molecule has 3 aromatic heterocycles. The summed E-state index contributed by atoms with van der Waals surface area (Å²) in [6, 6.07) is 18.4. The number of benzene rings is 2. The SMILES string of the molecule is BrN1CCC[C@H]1c1ncc(-c2ccc(-c3cc4ccc(-c5cnc([C@@H]6CCCN6Br)[nH]5)cc4s3)cc2)[nH]1. The number of aromatic amines is 2. The van der Waals surface area contributed by atoms with Gasteiger partial charge in [-0.3, -0.25) is 0 Å². The Bertz CT molecular complexity index is 1550. The number of nitrogens with zero attached hydrogens (tertiary/aromatic N) is 4. The molecule has 9 heteroatoms. The average Bonchev–Trinajstić information content (AvgIpc) is 3.74. The van der Waals surface area contributed by atoms with Gasteiger partial charge in [-0.1, -0.05) is 36.4 Å². The number of thiophene rings is 1. The van der Waals surface area contributed by atoms with Gasteiger partial charge in [0.2, 0.25) is 0 Å². The van der Waals surface area contributed by atoms with Crippen LogP contribution in [0, 0.1) is 0 Å². The number of nitrogens with one attached hydrogen (secondary N) is 2. The number of H-pyrrole nitrogens is 2. The van der Waals surface area contributed by atoms with E-state index in [0.717, 1.165) is 54.5 Å². The predicted molar refractivity (Wildman–Crippen MR) is 158 cm³/mol. The molecule has 0 saturated carbocycles. The van der Waals surface area contributed by atoms with Gasteiger partial charge in [-0.25, -0.2) is 17.8 Å². The molecule has 5 heterocycles. The third kappa shape index (κ3) is 4.51. The second-order valence-corrected chi connectivity index (χ2v) is 12.8. The molecule has 2 aromatic carbocycles. The number of hydrogen-bond acceptors (Lipinski definition) is 5. The molecule has 6 nitrogen and oxygen atoms in total. The lowest BCUT2D eigenvalue weighted by Gasteiger charge is -2.14. The minimum atomic E-state index is 0.323. The first-order valence-electron chi connectivity index (χ1n) is 12.7. The van der Waals surface area contributed by atoms with Gasteiger partial charge < -0.3 is 9.97 Å². The van der Waals surface area contributed by atoms with Crippen LogP contribution < -0.4 is 0 Å². The molecule has 2 aliphatic rings. The first-order valence-corrected chi connectivity index (χ1v) is 15.0. The van der Waals surface area contributed by atoms with Crippen molar-refractivity contribution in [2.45, 2.75) is 37.8 Å². The van der Waals surface area contributed by atoms with E-state index in [4.69, 9.17) is 0 Å². The number of imidazole rings is 2. The molecule has 0 aliphatic carbocycles. The normalized spacial score (nSPS) is 20.9. The second-order valence-electron chi connectivity index (χ2n) is 9.87. The fourth-order valence-corrected chi connectivity index (χ4v) is 7.87. The van der Waals surface area contributed by atoms with Gasteiger partial charge in [-0.2, -0.15) is 0 Å². The molecule has 5 aromatic rings. The highest BCUT2D eigenvalue weighted by atomic mass is 79.9. The summed E-state index contributed by atoms with van der Waals surface area (Å²) in [6.45, 7) is 2.12. The first kappa shape index (κ1) is 23.8. The van der Waals surface area contributed by atoms with Crippen molar-refractivity contribution in [3.05, 3.63) is 72.6 Å². The average molecular weight is 638 g/mol. The lowest BCUT2D eigenvalue weighted by Crippen LogP contribution is -2.12. The number of halogens is 2. The van der Waals surface area contributed by atoms with Crippen molar-refractivity contribution in [1.29, 1.82) is 0 Å². The molecule has 0 unspecified atom stereocenters. The van der Waals surface area contributed by atoms with Crippen LogP contribution in [0.3, 0.4) is 0 Å². The quantitative estimate of drug-likeness (QED) is 0.191. The van der Waals surface area contributed by atoms with Crippen molar-refractivity contribution >= 4 is 53.7 Å². The molecule has 0 amide bonds. The Kier molecular flexibility index (Phi) is 6.29. The second kappa shape index (κ2) is 9.78. The van der Waals surface area contributed by atoms with E-state index in [0.29, 0.717) is 12.1 Å². The maximum atomic E-state index is 4.68. The molecule has 0 radical (unpaired) electrons. The summed E-state index contributed by atoms with van der Waals surface area (Å²) in [4.78, 5) is 17.7. The van der Waals surface area contributed by atoms with Crippen molar-refractivity contribution in [1.82, 2.24) is 27.8 Å². The van der Waals surface area contributed by atoms with Crippen molar-refractivity contribution in [3.8, 4) is 33.0 Å².